The van der Waals surface area contributed by atoms with Crippen LogP contribution in [0.3, 0.4) is 0 Å². The average molecular weight is 478 g/mol. The van der Waals surface area contributed by atoms with Gasteiger partial charge in [-0.25, -0.2) is 4.68 Å². The van der Waals surface area contributed by atoms with Crippen LogP contribution in [0.1, 0.15) is 24.2 Å². The molecule has 7 heteroatoms. The van der Waals surface area contributed by atoms with Crippen LogP contribution in [0.5, 0.6) is 0 Å². The van der Waals surface area contributed by atoms with Crippen LogP contribution in [-0.2, 0) is 6.54 Å². The predicted octanol–water partition coefficient (Wildman–Crippen LogP) is 6.91. The van der Waals surface area contributed by atoms with Crippen molar-refractivity contribution in [2.75, 3.05) is 4.90 Å². The number of carbonyl (C=O) groups is 1. The summed E-state index contributed by atoms with van der Waals surface area (Å²) in [4.78, 5) is 28.5. The van der Waals surface area contributed by atoms with Gasteiger partial charge in [0.05, 0.1) is 5.56 Å². The minimum atomic E-state index is -0.387. The largest absolute Gasteiger partial charge is 0.305 e. The predicted molar refractivity (Wildman–Crippen MR) is 134 cm³/mol. The lowest BCUT2D eigenvalue weighted by Gasteiger charge is -2.28. The second-order valence-corrected chi connectivity index (χ2v) is 8.28. The summed E-state index contributed by atoms with van der Waals surface area (Å²) in [7, 11) is 0. The van der Waals surface area contributed by atoms with Crippen LogP contribution in [-0.4, -0.2) is 15.6 Å². The van der Waals surface area contributed by atoms with Gasteiger partial charge in [0.1, 0.15) is 11.4 Å². The van der Waals surface area contributed by atoms with Crippen LogP contribution in [0.25, 0.3) is 11.3 Å². The van der Waals surface area contributed by atoms with Gasteiger partial charge in [-0.05, 0) is 50.2 Å². The molecule has 0 saturated carbocycles. The summed E-state index contributed by atoms with van der Waals surface area (Å²) in [6.45, 7) is 3.61. The number of aromatic nitrogens is 2. The van der Waals surface area contributed by atoms with Gasteiger partial charge in [-0.2, -0.15) is 5.10 Å². The van der Waals surface area contributed by atoms with Gasteiger partial charge >= 0.3 is 0 Å². The molecule has 0 atom stereocenters. The lowest BCUT2D eigenvalue weighted by Crippen LogP contribution is -2.31. The molecule has 4 rings (SSSR count). The summed E-state index contributed by atoms with van der Waals surface area (Å²) in [6.07, 6.45) is 0. The molecule has 0 spiro atoms. The molecule has 5 nitrogen and oxygen atoms in total. The molecule has 0 aliphatic rings. The van der Waals surface area contributed by atoms with E-state index in [1.807, 2.05) is 49.4 Å². The SMILES string of the molecule is CCn1nc(-c2ccccc2)c(C(C)=O)c(N(c2cccc(Cl)c2)c2cccc(Cl)c2)c1=O. The van der Waals surface area contributed by atoms with E-state index in [-0.39, 0.29) is 22.6 Å². The number of carbonyl (C=O) groups excluding carboxylic acids is 1. The third-order valence-corrected chi connectivity index (χ3v) is 5.66. The van der Waals surface area contributed by atoms with E-state index in [9.17, 15) is 9.59 Å². The molecular formula is C26H21Cl2N3O2. The summed E-state index contributed by atoms with van der Waals surface area (Å²) in [5.74, 6) is -0.272. The molecule has 4 aromatic rings. The molecule has 0 saturated heterocycles. The first-order valence-electron chi connectivity index (χ1n) is 10.4. The Morgan fingerprint density at radius 1 is 0.909 bits per heavy atom. The van der Waals surface area contributed by atoms with Crippen molar-refractivity contribution in [1.29, 1.82) is 0 Å². The molecule has 0 radical (unpaired) electrons. The number of anilines is 3. The Kier molecular flexibility index (Phi) is 6.63. The monoisotopic (exact) mass is 477 g/mol. The molecule has 0 unspecified atom stereocenters. The van der Waals surface area contributed by atoms with Crippen molar-refractivity contribution in [3.63, 3.8) is 0 Å². The second-order valence-electron chi connectivity index (χ2n) is 7.41. The number of Topliss-reactive ketones (excluding diaryl/α,β-unsaturated/α-hetero) is 1. The molecule has 1 aromatic heterocycles. The Balaban J connectivity index is 2.15. The van der Waals surface area contributed by atoms with Gasteiger partial charge in [0.15, 0.2) is 5.78 Å². The lowest BCUT2D eigenvalue weighted by atomic mass is 10.0. The fraction of sp³-hybridized carbons (Fsp3) is 0.115. The molecule has 33 heavy (non-hydrogen) atoms. The summed E-state index contributed by atoms with van der Waals surface area (Å²) in [5.41, 5.74) is 2.47. The second kappa shape index (κ2) is 9.61. The number of aryl methyl sites for hydroxylation is 1. The van der Waals surface area contributed by atoms with E-state index in [0.29, 0.717) is 33.7 Å². The van der Waals surface area contributed by atoms with Gasteiger partial charge in [-0.1, -0.05) is 65.7 Å². The van der Waals surface area contributed by atoms with E-state index in [2.05, 4.69) is 5.10 Å². The van der Waals surface area contributed by atoms with Gasteiger partial charge in [0.25, 0.3) is 5.56 Å². The van der Waals surface area contributed by atoms with Crippen LogP contribution in [0.4, 0.5) is 17.1 Å². The van der Waals surface area contributed by atoms with Crippen molar-refractivity contribution in [3.8, 4) is 11.3 Å². The maximum Gasteiger partial charge on any atom is 0.291 e. The Hall–Kier alpha value is -3.41. The molecule has 0 fully saturated rings. The van der Waals surface area contributed by atoms with Crippen molar-refractivity contribution < 1.29 is 4.79 Å². The van der Waals surface area contributed by atoms with Crippen LogP contribution in [0.15, 0.2) is 83.7 Å². The molecule has 0 N–H and O–H groups in total. The highest BCUT2D eigenvalue weighted by Crippen LogP contribution is 2.39. The number of benzene rings is 3. The number of ketones is 1. The van der Waals surface area contributed by atoms with Crippen molar-refractivity contribution in [2.24, 2.45) is 0 Å². The maximum atomic E-state index is 13.7. The molecule has 166 valence electrons. The molecule has 3 aromatic carbocycles. The van der Waals surface area contributed by atoms with Crippen LogP contribution < -0.4 is 10.5 Å². The normalized spacial score (nSPS) is 10.8. The molecule has 1 heterocycles. The highest BCUT2D eigenvalue weighted by atomic mass is 35.5. The molecular weight excluding hydrogens is 457 g/mol. The Bertz CT molecular complexity index is 1340. The van der Waals surface area contributed by atoms with E-state index >= 15 is 0 Å². The zero-order chi connectivity index (χ0) is 23.5. The van der Waals surface area contributed by atoms with Crippen LogP contribution in [0, 0.1) is 0 Å². The van der Waals surface area contributed by atoms with Crippen LogP contribution >= 0.6 is 23.2 Å². The van der Waals surface area contributed by atoms with Crippen molar-refractivity contribution in [1.82, 2.24) is 9.78 Å². The fourth-order valence-corrected chi connectivity index (χ4v) is 4.12. The topological polar surface area (TPSA) is 55.2 Å². The highest BCUT2D eigenvalue weighted by Gasteiger charge is 2.28. The zero-order valence-electron chi connectivity index (χ0n) is 18.1. The van der Waals surface area contributed by atoms with Crippen molar-refractivity contribution in [2.45, 2.75) is 20.4 Å². The molecule has 0 amide bonds. The fourth-order valence-electron chi connectivity index (χ4n) is 3.75. The molecule has 0 aliphatic carbocycles. The first-order valence-corrected chi connectivity index (χ1v) is 11.2. The minimum Gasteiger partial charge on any atom is -0.305 e. The molecule has 0 bridgehead atoms. The standard InChI is InChI=1S/C26H21Cl2N3O2/c1-3-30-26(33)25(23(17(2)32)24(29-30)18-9-5-4-6-10-18)31(21-13-7-11-19(27)15-21)22-14-8-12-20(28)16-22/h4-16H,3H2,1-2H3. The highest BCUT2D eigenvalue weighted by molar-refractivity contribution is 6.31. The summed E-state index contributed by atoms with van der Waals surface area (Å²) < 4.78 is 1.37. The number of rotatable bonds is 6. The maximum absolute atomic E-state index is 13.7. The number of halogens is 2. The van der Waals surface area contributed by atoms with Gasteiger partial charge in [0, 0.05) is 33.5 Å². The van der Waals surface area contributed by atoms with Gasteiger partial charge in [-0.3, -0.25) is 9.59 Å². The minimum absolute atomic E-state index is 0.197. The smallest absolute Gasteiger partial charge is 0.291 e. The van der Waals surface area contributed by atoms with E-state index in [1.54, 1.807) is 41.3 Å². The molecule has 0 aliphatic heterocycles. The summed E-state index contributed by atoms with van der Waals surface area (Å²) in [6, 6.07) is 23.6. The number of hydrogen-bond donors (Lipinski definition) is 0. The number of nitrogens with zero attached hydrogens (tertiary/aromatic N) is 3. The Labute approximate surface area is 201 Å². The van der Waals surface area contributed by atoms with Crippen molar-refractivity contribution in [3.05, 3.63) is 105 Å². The Morgan fingerprint density at radius 3 is 1.97 bits per heavy atom. The van der Waals surface area contributed by atoms with Crippen LogP contribution in [0.2, 0.25) is 10.0 Å². The third kappa shape index (κ3) is 4.56. The summed E-state index contributed by atoms with van der Waals surface area (Å²) in [5, 5.41) is 5.55. The quantitative estimate of drug-likeness (QED) is 0.283. The van der Waals surface area contributed by atoms with Gasteiger partial charge in [-0.15, -0.1) is 0 Å². The van der Waals surface area contributed by atoms with E-state index in [1.165, 1.54) is 11.6 Å². The first-order chi connectivity index (χ1) is 15.9. The summed E-state index contributed by atoms with van der Waals surface area (Å²) >= 11 is 12.6. The van der Waals surface area contributed by atoms with E-state index in [4.69, 9.17) is 23.2 Å². The third-order valence-electron chi connectivity index (χ3n) is 5.19. The number of hydrogen-bond acceptors (Lipinski definition) is 4. The van der Waals surface area contributed by atoms with Gasteiger partial charge < -0.3 is 4.90 Å². The van der Waals surface area contributed by atoms with Gasteiger partial charge in [0.2, 0.25) is 0 Å². The van der Waals surface area contributed by atoms with Crippen molar-refractivity contribution >= 4 is 46.0 Å². The first kappa shape index (κ1) is 22.8. The van der Waals surface area contributed by atoms with E-state index in [0.717, 1.165) is 5.56 Å². The zero-order valence-corrected chi connectivity index (χ0v) is 19.6. The average Bonchev–Trinajstić information content (AvgIpc) is 2.80. The van der Waals surface area contributed by atoms with E-state index < -0.39 is 0 Å². The Morgan fingerprint density at radius 2 is 1.48 bits per heavy atom. The lowest BCUT2D eigenvalue weighted by molar-refractivity contribution is 0.101.